The highest BCUT2D eigenvalue weighted by atomic mass is 16.5. The smallest absolute Gasteiger partial charge is 0.438 e. The van der Waals surface area contributed by atoms with Crippen molar-refractivity contribution in [1.82, 2.24) is 4.98 Å². The first-order chi connectivity index (χ1) is 11.6. The zero-order valence-corrected chi connectivity index (χ0v) is 13.1. The predicted octanol–water partition coefficient (Wildman–Crippen LogP) is 0.392. The van der Waals surface area contributed by atoms with E-state index in [-0.39, 0.29) is 12.5 Å². The number of fused-ring (bicyclic) bond motifs is 1. The Labute approximate surface area is 139 Å². The van der Waals surface area contributed by atoms with Gasteiger partial charge in [0.25, 0.3) is 0 Å². The van der Waals surface area contributed by atoms with Gasteiger partial charge in [-0.25, -0.2) is 0 Å². The third-order valence-electron chi connectivity index (χ3n) is 3.78. The van der Waals surface area contributed by atoms with Crippen LogP contribution in [-0.4, -0.2) is 42.4 Å². The number of aliphatic hydroxyl groups excluding tert-OH is 1. The van der Waals surface area contributed by atoms with Gasteiger partial charge in [-0.05, 0) is 35.3 Å². The first-order valence-corrected chi connectivity index (χ1v) is 7.46. The predicted molar refractivity (Wildman–Crippen MR) is 88.2 cm³/mol. The summed E-state index contributed by atoms with van der Waals surface area (Å²) in [5, 5.41) is 27.9. The van der Waals surface area contributed by atoms with Gasteiger partial charge in [0.15, 0.2) is 0 Å². The lowest BCUT2D eigenvalue weighted by Gasteiger charge is -2.18. The second-order valence-corrected chi connectivity index (χ2v) is 5.41. The molecule has 0 unspecified atom stereocenters. The molecule has 0 fully saturated rings. The standard InChI is InChI=1S/C16H16BN3O4/c1-20(6-7-21)15-5-2-11(9-18)16(19-15)24-13-3-4-14-12(8-13)10-23-17(14)22/h2-5,8,21-22H,6-7,10H2,1H3. The molecule has 3 rings (SSSR count). The zero-order chi connectivity index (χ0) is 17.1. The van der Waals surface area contributed by atoms with E-state index in [0.29, 0.717) is 35.7 Å². The third-order valence-corrected chi connectivity index (χ3v) is 3.78. The number of ether oxygens (including phenoxy) is 1. The number of rotatable bonds is 5. The third kappa shape index (κ3) is 3.19. The van der Waals surface area contributed by atoms with Crippen LogP contribution in [0.2, 0.25) is 0 Å². The first-order valence-electron chi connectivity index (χ1n) is 7.46. The van der Waals surface area contributed by atoms with Crippen LogP contribution in [0.15, 0.2) is 30.3 Å². The quantitative estimate of drug-likeness (QED) is 0.767. The van der Waals surface area contributed by atoms with E-state index in [1.807, 2.05) is 0 Å². The molecule has 0 saturated carbocycles. The van der Waals surface area contributed by atoms with Gasteiger partial charge in [-0.2, -0.15) is 10.2 Å². The van der Waals surface area contributed by atoms with Crippen molar-refractivity contribution in [3.63, 3.8) is 0 Å². The molecule has 122 valence electrons. The minimum absolute atomic E-state index is 0.00151. The topological polar surface area (TPSA) is 98.8 Å². The lowest BCUT2D eigenvalue weighted by atomic mass is 9.80. The Morgan fingerprint density at radius 1 is 1.42 bits per heavy atom. The van der Waals surface area contributed by atoms with E-state index < -0.39 is 7.12 Å². The molecule has 1 aromatic heterocycles. The number of aromatic nitrogens is 1. The molecule has 1 aromatic carbocycles. The first kappa shape index (κ1) is 16.3. The molecule has 24 heavy (non-hydrogen) atoms. The number of hydrogen-bond donors (Lipinski definition) is 2. The fourth-order valence-electron chi connectivity index (χ4n) is 2.45. The van der Waals surface area contributed by atoms with Gasteiger partial charge in [0.1, 0.15) is 23.2 Å². The van der Waals surface area contributed by atoms with E-state index in [9.17, 15) is 10.3 Å². The maximum absolute atomic E-state index is 9.65. The van der Waals surface area contributed by atoms with Crippen molar-refractivity contribution in [1.29, 1.82) is 5.26 Å². The average Bonchev–Trinajstić information content (AvgIpc) is 2.95. The van der Waals surface area contributed by atoms with E-state index in [1.165, 1.54) is 0 Å². The minimum atomic E-state index is -0.905. The summed E-state index contributed by atoms with van der Waals surface area (Å²) in [5.41, 5.74) is 1.87. The molecule has 8 heteroatoms. The monoisotopic (exact) mass is 325 g/mol. The van der Waals surface area contributed by atoms with Gasteiger partial charge in [-0.15, -0.1) is 0 Å². The second-order valence-electron chi connectivity index (χ2n) is 5.41. The number of benzene rings is 1. The number of hydrogen-bond acceptors (Lipinski definition) is 7. The Morgan fingerprint density at radius 3 is 3.00 bits per heavy atom. The Hall–Kier alpha value is -2.60. The fourth-order valence-corrected chi connectivity index (χ4v) is 2.45. The number of aliphatic hydroxyl groups is 1. The van der Waals surface area contributed by atoms with Gasteiger partial charge < -0.3 is 24.4 Å². The SMILES string of the molecule is CN(CCO)c1ccc(C#N)c(Oc2ccc3c(c2)COB3O)n1. The van der Waals surface area contributed by atoms with Crippen molar-refractivity contribution >= 4 is 18.4 Å². The minimum Gasteiger partial charge on any atom is -0.438 e. The molecule has 0 radical (unpaired) electrons. The largest absolute Gasteiger partial charge is 0.491 e. The molecule has 0 spiro atoms. The molecular formula is C16H16BN3O4. The van der Waals surface area contributed by atoms with Crippen molar-refractivity contribution in [3.05, 3.63) is 41.5 Å². The van der Waals surface area contributed by atoms with Crippen molar-refractivity contribution < 1.29 is 19.5 Å². The molecule has 1 aliphatic rings. The number of anilines is 1. The van der Waals surface area contributed by atoms with Gasteiger partial charge in [0, 0.05) is 13.6 Å². The molecule has 2 aromatic rings. The molecule has 0 saturated heterocycles. The number of nitriles is 1. The Kier molecular flexibility index (Phi) is 4.67. The molecule has 2 heterocycles. The Balaban J connectivity index is 1.89. The number of likely N-dealkylation sites (N-methyl/N-ethyl adjacent to an activating group) is 1. The van der Waals surface area contributed by atoms with E-state index in [2.05, 4.69) is 11.1 Å². The van der Waals surface area contributed by atoms with Gasteiger partial charge >= 0.3 is 7.12 Å². The van der Waals surface area contributed by atoms with Crippen LogP contribution in [0, 0.1) is 11.3 Å². The summed E-state index contributed by atoms with van der Waals surface area (Å²) in [4.78, 5) is 6.12. The van der Waals surface area contributed by atoms with Crippen LogP contribution in [0.4, 0.5) is 5.82 Å². The maximum Gasteiger partial charge on any atom is 0.491 e. The van der Waals surface area contributed by atoms with Crippen molar-refractivity contribution in [2.24, 2.45) is 0 Å². The number of nitrogens with zero attached hydrogens (tertiary/aromatic N) is 3. The van der Waals surface area contributed by atoms with Crippen LogP contribution in [0.5, 0.6) is 11.6 Å². The highest BCUT2D eigenvalue weighted by molar-refractivity contribution is 6.61. The molecular weight excluding hydrogens is 309 g/mol. The molecule has 0 bridgehead atoms. The van der Waals surface area contributed by atoms with Gasteiger partial charge in [-0.3, -0.25) is 0 Å². The lowest BCUT2D eigenvalue weighted by Crippen LogP contribution is -2.27. The summed E-state index contributed by atoms with van der Waals surface area (Å²) in [6.45, 7) is 0.736. The van der Waals surface area contributed by atoms with Crippen molar-refractivity contribution in [2.75, 3.05) is 25.1 Å². The summed E-state index contributed by atoms with van der Waals surface area (Å²) in [6.07, 6.45) is 0. The number of pyridine rings is 1. The Bertz CT molecular complexity index is 793. The Morgan fingerprint density at radius 2 is 2.25 bits per heavy atom. The van der Waals surface area contributed by atoms with Gasteiger partial charge in [0.05, 0.1) is 13.2 Å². The summed E-state index contributed by atoms with van der Waals surface area (Å²) < 4.78 is 10.9. The molecule has 0 aliphatic carbocycles. The van der Waals surface area contributed by atoms with Crippen LogP contribution in [0.1, 0.15) is 11.1 Å². The molecule has 7 nitrogen and oxygen atoms in total. The van der Waals surface area contributed by atoms with Gasteiger partial charge in [0.2, 0.25) is 5.88 Å². The van der Waals surface area contributed by atoms with E-state index in [1.54, 1.807) is 42.3 Å². The second kappa shape index (κ2) is 6.89. The lowest BCUT2D eigenvalue weighted by molar-refractivity contribution is 0.275. The fraction of sp³-hybridized carbons (Fsp3) is 0.250. The average molecular weight is 325 g/mol. The zero-order valence-electron chi connectivity index (χ0n) is 13.1. The summed E-state index contributed by atoms with van der Waals surface area (Å²) in [5.74, 6) is 1.30. The highest BCUT2D eigenvalue weighted by Gasteiger charge is 2.27. The molecule has 1 aliphatic heterocycles. The highest BCUT2D eigenvalue weighted by Crippen LogP contribution is 2.27. The van der Waals surface area contributed by atoms with Crippen molar-refractivity contribution in [2.45, 2.75) is 6.61 Å². The summed E-state index contributed by atoms with van der Waals surface area (Å²) >= 11 is 0. The van der Waals surface area contributed by atoms with Crippen LogP contribution < -0.4 is 15.1 Å². The molecule has 0 atom stereocenters. The van der Waals surface area contributed by atoms with Crippen LogP contribution >= 0.6 is 0 Å². The van der Waals surface area contributed by atoms with E-state index in [4.69, 9.17) is 14.5 Å². The van der Waals surface area contributed by atoms with E-state index >= 15 is 0 Å². The van der Waals surface area contributed by atoms with Gasteiger partial charge in [-0.1, -0.05) is 6.07 Å². The van der Waals surface area contributed by atoms with Crippen LogP contribution in [0.3, 0.4) is 0 Å². The maximum atomic E-state index is 9.65. The molecule has 2 N–H and O–H groups in total. The van der Waals surface area contributed by atoms with Crippen molar-refractivity contribution in [3.8, 4) is 17.7 Å². The van der Waals surface area contributed by atoms with Crippen LogP contribution in [-0.2, 0) is 11.3 Å². The normalized spacial score (nSPS) is 12.7. The summed E-state index contributed by atoms with van der Waals surface area (Å²) in [6, 6.07) is 10.6. The molecule has 0 amide bonds. The summed E-state index contributed by atoms with van der Waals surface area (Å²) in [7, 11) is 0.889. The van der Waals surface area contributed by atoms with E-state index in [0.717, 1.165) is 5.56 Å². The van der Waals surface area contributed by atoms with Crippen LogP contribution in [0.25, 0.3) is 0 Å².